The number of rotatable bonds is 6. The highest BCUT2D eigenvalue weighted by atomic mass is 32.2. The molecule has 2 rings (SSSR count). The number of amides is 2. The van der Waals surface area contributed by atoms with Crippen LogP contribution in [0.3, 0.4) is 0 Å². The highest BCUT2D eigenvalue weighted by Crippen LogP contribution is 2.22. The first-order valence-corrected chi connectivity index (χ1v) is 10.8. The number of hydrogen-bond acceptors (Lipinski definition) is 4. The van der Waals surface area contributed by atoms with Gasteiger partial charge in [-0.1, -0.05) is 13.8 Å². The largest absolute Gasteiger partial charge is 0.349 e. The lowest BCUT2D eigenvalue weighted by atomic mass is 9.95. The van der Waals surface area contributed by atoms with E-state index in [0.717, 1.165) is 0 Å². The van der Waals surface area contributed by atoms with Crippen LogP contribution in [0.15, 0.2) is 29.2 Å². The Morgan fingerprint density at radius 3 is 2.00 bits per heavy atom. The molecule has 0 unspecified atom stereocenters. The lowest BCUT2D eigenvalue weighted by Gasteiger charge is -2.32. The van der Waals surface area contributed by atoms with Crippen LogP contribution in [0.4, 0.5) is 0 Å². The highest BCUT2D eigenvalue weighted by molar-refractivity contribution is 7.89. The second-order valence-corrected chi connectivity index (χ2v) is 8.85. The van der Waals surface area contributed by atoms with Crippen molar-refractivity contribution in [2.75, 3.05) is 40.3 Å². The molecule has 0 aliphatic carbocycles. The molecule has 1 aliphatic heterocycles. The van der Waals surface area contributed by atoms with Crippen molar-refractivity contribution in [3.63, 3.8) is 0 Å². The summed E-state index contributed by atoms with van der Waals surface area (Å²) in [7, 11) is -0.0398. The Morgan fingerprint density at radius 2 is 1.56 bits per heavy atom. The Labute approximate surface area is 162 Å². The predicted octanol–water partition coefficient (Wildman–Crippen LogP) is 1.66. The fourth-order valence-corrected chi connectivity index (χ4v) is 4.82. The fourth-order valence-electron chi connectivity index (χ4n) is 3.36. The third-order valence-corrected chi connectivity index (χ3v) is 7.08. The van der Waals surface area contributed by atoms with Crippen molar-refractivity contribution in [3.8, 4) is 0 Å². The summed E-state index contributed by atoms with van der Waals surface area (Å²) in [6, 6.07) is 6.11. The summed E-state index contributed by atoms with van der Waals surface area (Å²) < 4.78 is 26.4. The molecule has 0 saturated carbocycles. The number of likely N-dealkylation sites (tertiary alicyclic amines) is 1. The van der Waals surface area contributed by atoms with Gasteiger partial charge in [0.05, 0.1) is 4.90 Å². The number of piperidine rings is 1. The minimum atomic E-state index is -3.53. The quantitative estimate of drug-likeness (QED) is 0.734. The van der Waals surface area contributed by atoms with Gasteiger partial charge in [-0.15, -0.1) is 0 Å². The van der Waals surface area contributed by atoms with E-state index >= 15 is 0 Å². The maximum Gasteiger partial charge on any atom is 0.253 e. The predicted molar refractivity (Wildman–Crippen MR) is 104 cm³/mol. The standard InChI is InChI=1S/C19H29N3O4S/c1-5-22(6-2)27(25,26)17-9-7-15(8-10-17)19(24)21-13-11-16(12-14-21)18(23)20(3)4/h7-10,16H,5-6,11-14H2,1-4H3. The second-order valence-electron chi connectivity index (χ2n) is 6.91. The molecule has 0 spiro atoms. The van der Waals surface area contributed by atoms with Gasteiger partial charge in [0.15, 0.2) is 0 Å². The zero-order valence-corrected chi connectivity index (χ0v) is 17.3. The molecule has 0 aromatic heterocycles. The molecular weight excluding hydrogens is 366 g/mol. The van der Waals surface area contributed by atoms with E-state index in [-0.39, 0.29) is 22.6 Å². The number of benzene rings is 1. The molecule has 0 bridgehead atoms. The lowest BCUT2D eigenvalue weighted by Crippen LogP contribution is -2.42. The molecule has 1 saturated heterocycles. The van der Waals surface area contributed by atoms with Crippen molar-refractivity contribution in [2.45, 2.75) is 31.6 Å². The fraction of sp³-hybridized carbons (Fsp3) is 0.579. The maximum atomic E-state index is 12.7. The van der Waals surface area contributed by atoms with Gasteiger partial charge in [0.1, 0.15) is 0 Å². The first-order valence-electron chi connectivity index (χ1n) is 9.33. The number of carbonyl (C=O) groups excluding carboxylic acids is 2. The SMILES string of the molecule is CCN(CC)S(=O)(=O)c1ccc(C(=O)N2CCC(C(=O)N(C)C)CC2)cc1. The summed E-state index contributed by atoms with van der Waals surface area (Å²) in [4.78, 5) is 28.2. The van der Waals surface area contributed by atoms with Crippen molar-refractivity contribution < 1.29 is 18.0 Å². The lowest BCUT2D eigenvalue weighted by molar-refractivity contribution is -0.134. The van der Waals surface area contributed by atoms with Gasteiger partial charge in [-0.05, 0) is 37.1 Å². The van der Waals surface area contributed by atoms with Crippen LogP contribution in [-0.4, -0.2) is 74.6 Å². The highest BCUT2D eigenvalue weighted by Gasteiger charge is 2.29. The van der Waals surface area contributed by atoms with E-state index < -0.39 is 10.0 Å². The zero-order chi connectivity index (χ0) is 20.2. The Morgan fingerprint density at radius 1 is 1.04 bits per heavy atom. The van der Waals surface area contributed by atoms with Crippen LogP contribution in [0.2, 0.25) is 0 Å². The molecule has 1 aromatic rings. The number of nitrogens with zero attached hydrogens (tertiary/aromatic N) is 3. The second kappa shape index (κ2) is 8.84. The summed E-state index contributed by atoms with van der Waals surface area (Å²) in [5.74, 6) is -0.0590. The van der Waals surface area contributed by atoms with E-state index in [1.54, 1.807) is 49.9 Å². The Kier molecular flexibility index (Phi) is 7.00. The van der Waals surface area contributed by atoms with Crippen LogP contribution in [-0.2, 0) is 14.8 Å². The molecule has 27 heavy (non-hydrogen) atoms. The number of carbonyl (C=O) groups is 2. The first kappa shape index (κ1) is 21.4. The Balaban J connectivity index is 2.06. The number of sulfonamides is 1. The topological polar surface area (TPSA) is 78.0 Å². The molecule has 2 amide bonds. The van der Waals surface area contributed by atoms with Crippen molar-refractivity contribution in [3.05, 3.63) is 29.8 Å². The van der Waals surface area contributed by atoms with Crippen LogP contribution < -0.4 is 0 Å². The van der Waals surface area contributed by atoms with E-state index in [9.17, 15) is 18.0 Å². The van der Waals surface area contributed by atoms with E-state index in [1.807, 2.05) is 0 Å². The summed E-state index contributed by atoms with van der Waals surface area (Å²) in [6.07, 6.45) is 1.30. The normalized spacial score (nSPS) is 15.8. The smallest absolute Gasteiger partial charge is 0.253 e. The average molecular weight is 396 g/mol. The summed E-state index contributed by atoms with van der Waals surface area (Å²) >= 11 is 0. The van der Waals surface area contributed by atoms with Gasteiger partial charge < -0.3 is 9.80 Å². The van der Waals surface area contributed by atoms with Crippen LogP contribution >= 0.6 is 0 Å². The van der Waals surface area contributed by atoms with Crippen molar-refractivity contribution in [1.82, 2.24) is 14.1 Å². The van der Waals surface area contributed by atoms with E-state index in [2.05, 4.69) is 0 Å². The minimum absolute atomic E-state index is 0.0364. The zero-order valence-electron chi connectivity index (χ0n) is 16.5. The van der Waals surface area contributed by atoms with E-state index in [1.165, 1.54) is 16.4 Å². The Hall–Kier alpha value is -1.93. The molecule has 150 valence electrons. The van der Waals surface area contributed by atoms with Crippen LogP contribution in [0.25, 0.3) is 0 Å². The van der Waals surface area contributed by atoms with Gasteiger partial charge in [-0.25, -0.2) is 8.42 Å². The van der Waals surface area contributed by atoms with Crippen LogP contribution in [0.1, 0.15) is 37.0 Å². The summed E-state index contributed by atoms with van der Waals surface area (Å²) in [6.45, 7) is 5.46. The van der Waals surface area contributed by atoms with Crippen LogP contribution in [0, 0.1) is 5.92 Å². The molecule has 1 fully saturated rings. The number of hydrogen-bond donors (Lipinski definition) is 0. The molecule has 8 heteroatoms. The molecule has 1 aromatic carbocycles. The van der Waals surface area contributed by atoms with E-state index in [0.29, 0.717) is 44.6 Å². The first-order chi connectivity index (χ1) is 12.7. The summed E-state index contributed by atoms with van der Waals surface area (Å²) in [5.41, 5.74) is 0.464. The molecule has 1 heterocycles. The molecule has 7 nitrogen and oxygen atoms in total. The summed E-state index contributed by atoms with van der Waals surface area (Å²) in [5, 5.41) is 0. The van der Waals surface area contributed by atoms with Gasteiger partial charge in [-0.2, -0.15) is 4.31 Å². The average Bonchev–Trinajstić information content (AvgIpc) is 2.67. The van der Waals surface area contributed by atoms with Gasteiger partial charge in [0.25, 0.3) is 5.91 Å². The minimum Gasteiger partial charge on any atom is -0.349 e. The van der Waals surface area contributed by atoms with E-state index in [4.69, 9.17) is 0 Å². The third-order valence-electron chi connectivity index (χ3n) is 5.02. The van der Waals surface area contributed by atoms with Gasteiger partial charge in [-0.3, -0.25) is 9.59 Å². The van der Waals surface area contributed by atoms with Crippen LogP contribution in [0.5, 0.6) is 0 Å². The van der Waals surface area contributed by atoms with Crippen molar-refractivity contribution in [2.24, 2.45) is 5.92 Å². The molecular formula is C19H29N3O4S. The van der Waals surface area contributed by atoms with Crippen molar-refractivity contribution >= 4 is 21.8 Å². The molecule has 1 aliphatic rings. The maximum absolute atomic E-state index is 12.7. The van der Waals surface area contributed by atoms with Crippen molar-refractivity contribution in [1.29, 1.82) is 0 Å². The molecule has 0 radical (unpaired) electrons. The third kappa shape index (κ3) is 4.68. The monoisotopic (exact) mass is 395 g/mol. The Bertz CT molecular complexity index is 763. The van der Waals surface area contributed by atoms with Gasteiger partial charge in [0, 0.05) is 51.8 Å². The van der Waals surface area contributed by atoms with Gasteiger partial charge in [0.2, 0.25) is 15.9 Å². The molecule has 0 N–H and O–H groups in total. The van der Waals surface area contributed by atoms with Gasteiger partial charge >= 0.3 is 0 Å². The molecule has 0 atom stereocenters.